The van der Waals surface area contributed by atoms with Crippen LogP contribution in [0.2, 0.25) is 0 Å². The van der Waals surface area contributed by atoms with Crippen LogP contribution in [0.1, 0.15) is 36.9 Å². The first-order valence-electron chi connectivity index (χ1n) is 6.53. The summed E-state index contributed by atoms with van der Waals surface area (Å²) in [7, 11) is 0. The van der Waals surface area contributed by atoms with Crippen molar-refractivity contribution in [3.8, 4) is 0 Å². The van der Waals surface area contributed by atoms with Crippen LogP contribution in [0, 0.1) is 0 Å². The molecule has 0 bridgehead atoms. The van der Waals surface area contributed by atoms with Crippen LogP contribution < -0.4 is 0 Å². The number of aliphatic hydroxyl groups is 1. The van der Waals surface area contributed by atoms with Crippen molar-refractivity contribution in [1.82, 2.24) is 10.1 Å². The number of hydrogen-bond donors (Lipinski definition) is 1. The molecule has 5 nitrogen and oxygen atoms in total. The molecule has 2 aliphatic rings. The Morgan fingerprint density at radius 1 is 1.33 bits per heavy atom. The molecule has 1 aromatic rings. The molecule has 0 aromatic carbocycles. The second-order valence-corrected chi connectivity index (χ2v) is 6.03. The molecule has 100 valence electrons. The molecule has 3 unspecified atom stereocenters. The van der Waals surface area contributed by atoms with E-state index in [1.165, 1.54) is 6.42 Å². The lowest BCUT2D eigenvalue weighted by molar-refractivity contribution is 0.0153. The van der Waals surface area contributed by atoms with Crippen molar-refractivity contribution in [2.75, 3.05) is 18.1 Å². The van der Waals surface area contributed by atoms with Gasteiger partial charge in [0.05, 0.1) is 18.1 Å². The van der Waals surface area contributed by atoms with E-state index in [1.54, 1.807) is 11.8 Å². The summed E-state index contributed by atoms with van der Waals surface area (Å²) in [6.07, 6.45) is 4.04. The Kier molecular flexibility index (Phi) is 3.86. The van der Waals surface area contributed by atoms with E-state index in [0.717, 1.165) is 37.4 Å². The zero-order valence-electron chi connectivity index (χ0n) is 10.2. The van der Waals surface area contributed by atoms with E-state index >= 15 is 0 Å². The Morgan fingerprint density at radius 2 is 2.28 bits per heavy atom. The monoisotopic (exact) mass is 270 g/mol. The number of rotatable bonds is 3. The van der Waals surface area contributed by atoms with Gasteiger partial charge in [-0.3, -0.25) is 0 Å². The molecule has 0 spiro atoms. The van der Waals surface area contributed by atoms with Gasteiger partial charge >= 0.3 is 0 Å². The van der Waals surface area contributed by atoms with Crippen molar-refractivity contribution >= 4 is 11.8 Å². The van der Waals surface area contributed by atoms with Crippen molar-refractivity contribution in [3.63, 3.8) is 0 Å². The van der Waals surface area contributed by atoms with Gasteiger partial charge in [0.2, 0.25) is 5.89 Å². The maximum absolute atomic E-state index is 9.80. The summed E-state index contributed by atoms with van der Waals surface area (Å²) in [5.74, 6) is 2.92. The summed E-state index contributed by atoms with van der Waals surface area (Å²) in [5, 5.41) is 13.8. The maximum atomic E-state index is 9.80. The Balaban J connectivity index is 1.62. The van der Waals surface area contributed by atoms with Gasteiger partial charge in [0.15, 0.2) is 5.82 Å². The minimum atomic E-state index is -0.353. The largest absolute Gasteiger partial charge is 0.391 e. The van der Waals surface area contributed by atoms with Gasteiger partial charge in [0.1, 0.15) is 0 Å². The Hall–Kier alpha value is -0.590. The molecular weight excluding hydrogens is 252 g/mol. The first-order valence-corrected chi connectivity index (χ1v) is 7.68. The van der Waals surface area contributed by atoms with Crippen LogP contribution in [0.5, 0.6) is 0 Å². The molecule has 1 aromatic heterocycles. The highest BCUT2D eigenvalue weighted by Gasteiger charge is 2.32. The van der Waals surface area contributed by atoms with Gasteiger partial charge < -0.3 is 14.4 Å². The van der Waals surface area contributed by atoms with Crippen molar-refractivity contribution in [2.45, 2.75) is 43.8 Å². The van der Waals surface area contributed by atoms with Crippen LogP contribution in [-0.4, -0.2) is 45.6 Å². The molecule has 0 saturated carbocycles. The van der Waals surface area contributed by atoms with Crippen LogP contribution in [0.15, 0.2) is 4.52 Å². The van der Waals surface area contributed by atoms with E-state index in [1.807, 2.05) is 0 Å². The fraction of sp³-hybridized carbons (Fsp3) is 0.833. The summed E-state index contributed by atoms with van der Waals surface area (Å²) < 4.78 is 10.9. The predicted molar refractivity (Wildman–Crippen MR) is 67.7 cm³/mol. The minimum Gasteiger partial charge on any atom is -0.391 e. The standard InChI is InChI=1S/C12H18N2O3S/c15-10-7-18-6-9(10)12-13-11(14-17-12)5-8-3-1-2-4-16-8/h8-10,15H,1-7H2. The number of hydrogen-bond acceptors (Lipinski definition) is 6. The molecule has 3 atom stereocenters. The summed E-state index contributed by atoms with van der Waals surface area (Å²) in [4.78, 5) is 4.41. The molecule has 3 heterocycles. The SMILES string of the molecule is OC1CSCC1c1nc(CC2CCCCO2)no1. The smallest absolute Gasteiger partial charge is 0.233 e. The minimum absolute atomic E-state index is 0.00326. The molecule has 2 saturated heterocycles. The first kappa shape index (κ1) is 12.4. The average Bonchev–Trinajstić information content (AvgIpc) is 2.99. The van der Waals surface area contributed by atoms with E-state index < -0.39 is 0 Å². The number of aromatic nitrogens is 2. The zero-order valence-corrected chi connectivity index (χ0v) is 11.1. The van der Waals surface area contributed by atoms with Gasteiger partial charge in [-0.05, 0) is 19.3 Å². The summed E-state index contributed by atoms with van der Waals surface area (Å²) >= 11 is 1.73. The van der Waals surface area contributed by atoms with Crippen LogP contribution in [0.3, 0.4) is 0 Å². The molecular formula is C12H18N2O3S. The van der Waals surface area contributed by atoms with Gasteiger partial charge in [-0.1, -0.05) is 5.16 Å². The number of aliphatic hydroxyl groups excluding tert-OH is 1. The molecule has 2 aliphatic heterocycles. The topological polar surface area (TPSA) is 68.4 Å². The predicted octanol–water partition coefficient (Wildman–Crippen LogP) is 1.37. The molecule has 0 amide bonds. The van der Waals surface area contributed by atoms with E-state index in [4.69, 9.17) is 9.26 Å². The fourth-order valence-corrected chi connectivity index (χ4v) is 3.68. The molecule has 3 rings (SSSR count). The Morgan fingerprint density at radius 3 is 3.00 bits per heavy atom. The molecule has 0 radical (unpaired) electrons. The third-order valence-corrected chi connectivity index (χ3v) is 4.71. The highest BCUT2D eigenvalue weighted by Crippen LogP contribution is 2.32. The highest BCUT2D eigenvalue weighted by atomic mass is 32.2. The van der Waals surface area contributed by atoms with Gasteiger partial charge in [0.25, 0.3) is 0 Å². The lowest BCUT2D eigenvalue weighted by Gasteiger charge is -2.20. The second-order valence-electron chi connectivity index (χ2n) is 4.95. The van der Waals surface area contributed by atoms with Gasteiger partial charge in [-0.25, -0.2) is 0 Å². The van der Waals surface area contributed by atoms with Crippen LogP contribution in [0.25, 0.3) is 0 Å². The number of ether oxygens (including phenoxy) is 1. The van der Waals surface area contributed by atoms with Crippen LogP contribution in [0.4, 0.5) is 0 Å². The molecule has 2 fully saturated rings. The summed E-state index contributed by atoms with van der Waals surface area (Å²) in [5.41, 5.74) is 0. The maximum Gasteiger partial charge on any atom is 0.233 e. The second kappa shape index (κ2) is 5.59. The van der Waals surface area contributed by atoms with E-state index in [0.29, 0.717) is 11.7 Å². The van der Waals surface area contributed by atoms with Gasteiger partial charge in [0, 0.05) is 24.5 Å². The van der Waals surface area contributed by atoms with Crippen LogP contribution in [-0.2, 0) is 11.2 Å². The molecule has 6 heteroatoms. The van der Waals surface area contributed by atoms with E-state index in [2.05, 4.69) is 10.1 Å². The molecule has 0 aliphatic carbocycles. The first-order chi connectivity index (χ1) is 8.83. The molecule has 18 heavy (non-hydrogen) atoms. The van der Waals surface area contributed by atoms with E-state index in [9.17, 15) is 5.11 Å². The fourth-order valence-electron chi connectivity index (χ4n) is 2.45. The van der Waals surface area contributed by atoms with Gasteiger partial charge in [-0.15, -0.1) is 0 Å². The van der Waals surface area contributed by atoms with Gasteiger partial charge in [-0.2, -0.15) is 16.7 Å². The highest BCUT2D eigenvalue weighted by molar-refractivity contribution is 7.99. The van der Waals surface area contributed by atoms with Crippen molar-refractivity contribution in [3.05, 3.63) is 11.7 Å². The average molecular weight is 270 g/mol. The molecule has 1 N–H and O–H groups in total. The van der Waals surface area contributed by atoms with Crippen molar-refractivity contribution in [1.29, 1.82) is 0 Å². The van der Waals surface area contributed by atoms with E-state index in [-0.39, 0.29) is 18.1 Å². The lowest BCUT2D eigenvalue weighted by Crippen LogP contribution is -2.22. The number of thioether (sulfide) groups is 1. The van der Waals surface area contributed by atoms with Crippen molar-refractivity contribution < 1.29 is 14.4 Å². The Labute approximate surface area is 110 Å². The number of nitrogens with zero attached hydrogens (tertiary/aromatic N) is 2. The summed E-state index contributed by atoms with van der Waals surface area (Å²) in [6.45, 7) is 0.841. The zero-order chi connectivity index (χ0) is 12.4. The van der Waals surface area contributed by atoms with Crippen LogP contribution >= 0.6 is 11.8 Å². The third-order valence-electron chi connectivity index (χ3n) is 3.54. The summed E-state index contributed by atoms with van der Waals surface area (Å²) in [6, 6.07) is 0. The van der Waals surface area contributed by atoms with Crippen molar-refractivity contribution in [2.24, 2.45) is 0 Å². The third kappa shape index (κ3) is 2.70. The quantitative estimate of drug-likeness (QED) is 0.894. The normalized spacial score (nSPS) is 32.8. The lowest BCUT2D eigenvalue weighted by atomic mass is 10.1. The Bertz CT molecular complexity index is 392.